The Morgan fingerprint density at radius 3 is 2.67 bits per heavy atom. The van der Waals surface area contributed by atoms with Crippen LogP contribution in [0, 0.1) is 5.92 Å². The van der Waals surface area contributed by atoms with E-state index in [1.165, 1.54) is 0 Å². The molecular weight excluding hydrogens is 152 g/mol. The SMILES string of the molecule is CC1CC(C)N(C(=O)CCN)C1. The van der Waals surface area contributed by atoms with Crippen LogP contribution in [0.2, 0.25) is 0 Å². The van der Waals surface area contributed by atoms with Crippen molar-refractivity contribution in [1.29, 1.82) is 0 Å². The number of carbonyl (C=O) groups excluding carboxylic acids is 1. The number of nitrogens with zero attached hydrogens (tertiary/aromatic N) is 1. The van der Waals surface area contributed by atoms with Gasteiger partial charge in [0.05, 0.1) is 0 Å². The van der Waals surface area contributed by atoms with Crippen molar-refractivity contribution < 1.29 is 4.79 Å². The molecule has 0 aliphatic carbocycles. The van der Waals surface area contributed by atoms with E-state index in [0.717, 1.165) is 13.0 Å². The Kier molecular flexibility index (Phi) is 3.09. The summed E-state index contributed by atoms with van der Waals surface area (Å²) in [5, 5.41) is 0. The molecule has 0 radical (unpaired) electrons. The summed E-state index contributed by atoms with van der Waals surface area (Å²) in [5.74, 6) is 0.871. The van der Waals surface area contributed by atoms with E-state index in [1.807, 2.05) is 4.90 Å². The number of rotatable bonds is 2. The zero-order chi connectivity index (χ0) is 9.14. The number of nitrogens with two attached hydrogens (primary N) is 1. The molecule has 1 saturated heterocycles. The van der Waals surface area contributed by atoms with Gasteiger partial charge in [0, 0.05) is 25.6 Å². The molecule has 0 aromatic rings. The van der Waals surface area contributed by atoms with Crippen molar-refractivity contribution in [2.45, 2.75) is 32.7 Å². The topological polar surface area (TPSA) is 46.3 Å². The second kappa shape index (κ2) is 3.90. The van der Waals surface area contributed by atoms with Gasteiger partial charge in [-0.3, -0.25) is 4.79 Å². The smallest absolute Gasteiger partial charge is 0.224 e. The molecule has 2 N–H and O–H groups in total. The molecule has 1 aliphatic rings. The highest BCUT2D eigenvalue weighted by atomic mass is 16.2. The van der Waals surface area contributed by atoms with Crippen LogP contribution in [0.25, 0.3) is 0 Å². The average Bonchev–Trinajstić information content (AvgIpc) is 2.30. The maximum absolute atomic E-state index is 11.4. The average molecular weight is 170 g/mol. The molecule has 0 aromatic heterocycles. The van der Waals surface area contributed by atoms with E-state index in [0.29, 0.717) is 24.9 Å². The first-order valence-electron chi connectivity index (χ1n) is 4.64. The first-order valence-corrected chi connectivity index (χ1v) is 4.64. The summed E-state index contributed by atoms with van der Waals surface area (Å²) in [4.78, 5) is 13.4. The highest BCUT2D eigenvalue weighted by molar-refractivity contribution is 5.77. The fourth-order valence-electron chi connectivity index (χ4n) is 1.91. The van der Waals surface area contributed by atoms with Crippen molar-refractivity contribution in [1.82, 2.24) is 4.90 Å². The van der Waals surface area contributed by atoms with Crippen molar-refractivity contribution >= 4 is 5.91 Å². The standard InChI is InChI=1S/C9H18N2O/c1-7-5-8(2)11(6-7)9(12)3-4-10/h7-8H,3-6,10H2,1-2H3. The van der Waals surface area contributed by atoms with Crippen molar-refractivity contribution in [2.75, 3.05) is 13.1 Å². The predicted octanol–water partition coefficient (Wildman–Crippen LogP) is 0.592. The van der Waals surface area contributed by atoms with E-state index >= 15 is 0 Å². The van der Waals surface area contributed by atoms with E-state index < -0.39 is 0 Å². The van der Waals surface area contributed by atoms with Gasteiger partial charge in [0.2, 0.25) is 5.91 Å². The van der Waals surface area contributed by atoms with Crippen LogP contribution < -0.4 is 5.73 Å². The molecule has 1 amide bonds. The van der Waals surface area contributed by atoms with Crippen molar-refractivity contribution in [3.63, 3.8) is 0 Å². The summed E-state index contributed by atoms with van der Waals surface area (Å²) >= 11 is 0. The Labute approximate surface area is 73.9 Å². The maximum atomic E-state index is 11.4. The van der Waals surface area contributed by atoms with Gasteiger partial charge in [-0.1, -0.05) is 6.92 Å². The fraction of sp³-hybridized carbons (Fsp3) is 0.889. The summed E-state index contributed by atoms with van der Waals surface area (Å²) in [5.41, 5.74) is 5.33. The molecule has 2 atom stereocenters. The summed E-state index contributed by atoms with van der Waals surface area (Å²) in [6.07, 6.45) is 1.63. The van der Waals surface area contributed by atoms with Crippen LogP contribution >= 0.6 is 0 Å². The predicted molar refractivity (Wildman–Crippen MR) is 48.6 cm³/mol. The molecule has 1 rings (SSSR count). The molecule has 1 heterocycles. The molecule has 3 nitrogen and oxygen atoms in total. The number of likely N-dealkylation sites (tertiary alicyclic amines) is 1. The van der Waals surface area contributed by atoms with Crippen LogP contribution in [0.3, 0.4) is 0 Å². The first-order chi connectivity index (χ1) is 5.65. The minimum absolute atomic E-state index is 0.217. The van der Waals surface area contributed by atoms with E-state index in [9.17, 15) is 4.79 Å². The zero-order valence-electron chi connectivity index (χ0n) is 7.92. The second-order valence-corrected chi connectivity index (χ2v) is 3.77. The third-order valence-electron chi connectivity index (χ3n) is 2.46. The highest BCUT2D eigenvalue weighted by Crippen LogP contribution is 2.22. The molecule has 0 spiro atoms. The van der Waals surface area contributed by atoms with Crippen molar-refractivity contribution in [3.05, 3.63) is 0 Å². The normalized spacial score (nSPS) is 29.4. The Balaban J connectivity index is 2.46. The third kappa shape index (κ3) is 1.97. The zero-order valence-corrected chi connectivity index (χ0v) is 7.92. The molecule has 0 bridgehead atoms. The first kappa shape index (κ1) is 9.52. The third-order valence-corrected chi connectivity index (χ3v) is 2.46. The van der Waals surface area contributed by atoms with Crippen LogP contribution in [-0.4, -0.2) is 29.9 Å². The number of hydrogen-bond acceptors (Lipinski definition) is 2. The lowest BCUT2D eigenvalue weighted by Gasteiger charge is -2.20. The number of carbonyl (C=O) groups is 1. The van der Waals surface area contributed by atoms with E-state index in [4.69, 9.17) is 5.73 Å². The van der Waals surface area contributed by atoms with Crippen LogP contribution in [-0.2, 0) is 4.79 Å². The van der Waals surface area contributed by atoms with E-state index in [2.05, 4.69) is 13.8 Å². The van der Waals surface area contributed by atoms with Gasteiger partial charge >= 0.3 is 0 Å². The van der Waals surface area contributed by atoms with Crippen molar-refractivity contribution in [3.8, 4) is 0 Å². The summed E-state index contributed by atoms with van der Waals surface area (Å²) < 4.78 is 0. The Morgan fingerprint density at radius 1 is 1.58 bits per heavy atom. The molecule has 70 valence electrons. The lowest BCUT2D eigenvalue weighted by atomic mass is 10.1. The lowest BCUT2D eigenvalue weighted by Crippen LogP contribution is -2.34. The number of amides is 1. The molecule has 0 aromatic carbocycles. The number of hydrogen-bond donors (Lipinski definition) is 1. The minimum Gasteiger partial charge on any atom is -0.340 e. The molecular formula is C9H18N2O. The molecule has 3 heteroatoms. The summed E-state index contributed by atoms with van der Waals surface area (Å²) in [6, 6.07) is 0.416. The monoisotopic (exact) mass is 170 g/mol. The molecule has 2 unspecified atom stereocenters. The highest BCUT2D eigenvalue weighted by Gasteiger charge is 2.28. The van der Waals surface area contributed by atoms with Crippen LogP contribution in [0.1, 0.15) is 26.7 Å². The fourth-order valence-corrected chi connectivity index (χ4v) is 1.91. The van der Waals surface area contributed by atoms with Crippen LogP contribution in [0.4, 0.5) is 0 Å². The summed E-state index contributed by atoms with van der Waals surface area (Å²) in [7, 11) is 0. The molecule has 1 aliphatic heterocycles. The Morgan fingerprint density at radius 2 is 2.25 bits per heavy atom. The van der Waals surface area contributed by atoms with Crippen LogP contribution in [0.5, 0.6) is 0 Å². The molecule has 0 saturated carbocycles. The Hall–Kier alpha value is -0.570. The van der Waals surface area contributed by atoms with Crippen molar-refractivity contribution in [2.24, 2.45) is 11.7 Å². The van der Waals surface area contributed by atoms with Gasteiger partial charge in [-0.05, 0) is 19.3 Å². The van der Waals surface area contributed by atoms with Gasteiger partial charge in [-0.2, -0.15) is 0 Å². The summed E-state index contributed by atoms with van der Waals surface area (Å²) in [6.45, 7) is 5.68. The van der Waals surface area contributed by atoms with E-state index in [1.54, 1.807) is 0 Å². The van der Waals surface area contributed by atoms with Gasteiger partial charge in [-0.25, -0.2) is 0 Å². The van der Waals surface area contributed by atoms with E-state index in [-0.39, 0.29) is 5.91 Å². The molecule has 1 fully saturated rings. The second-order valence-electron chi connectivity index (χ2n) is 3.77. The maximum Gasteiger partial charge on any atom is 0.224 e. The van der Waals surface area contributed by atoms with Gasteiger partial charge in [0.25, 0.3) is 0 Å². The lowest BCUT2D eigenvalue weighted by molar-refractivity contribution is -0.131. The van der Waals surface area contributed by atoms with Gasteiger partial charge in [-0.15, -0.1) is 0 Å². The van der Waals surface area contributed by atoms with Gasteiger partial charge in [0.1, 0.15) is 0 Å². The molecule has 12 heavy (non-hydrogen) atoms. The quantitative estimate of drug-likeness (QED) is 0.659. The van der Waals surface area contributed by atoms with Crippen LogP contribution in [0.15, 0.2) is 0 Å². The Bertz CT molecular complexity index is 170. The largest absolute Gasteiger partial charge is 0.340 e. The van der Waals surface area contributed by atoms with Gasteiger partial charge < -0.3 is 10.6 Å². The van der Waals surface area contributed by atoms with Gasteiger partial charge in [0.15, 0.2) is 0 Å². The minimum atomic E-state index is 0.217.